The maximum atomic E-state index is 11.4. The molecule has 2 aromatic rings. The Balaban J connectivity index is 1.90. The second kappa shape index (κ2) is 5.18. The van der Waals surface area contributed by atoms with Gasteiger partial charge in [-0.05, 0) is 31.7 Å². The van der Waals surface area contributed by atoms with E-state index < -0.39 is 0 Å². The number of benzene rings is 2. The molecule has 3 heteroatoms. The molecule has 0 fully saturated rings. The van der Waals surface area contributed by atoms with E-state index >= 15 is 0 Å². The molecule has 0 unspecified atom stereocenters. The lowest BCUT2D eigenvalue weighted by molar-refractivity contribution is -0.781. The van der Waals surface area contributed by atoms with Crippen molar-refractivity contribution in [1.29, 1.82) is 0 Å². The summed E-state index contributed by atoms with van der Waals surface area (Å²) in [5, 5.41) is 2.54. The summed E-state index contributed by atoms with van der Waals surface area (Å²) in [7, 11) is 0. The molecule has 0 aromatic heterocycles. The Labute approximate surface area is 143 Å². The molecule has 3 atom stereocenters. The van der Waals surface area contributed by atoms with Crippen molar-refractivity contribution in [1.82, 2.24) is 0 Å². The number of carbonyl (C=O) groups excluding carboxylic acids is 1. The molecule has 24 heavy (non-hydrogen) atoms. The van der Waals surface area contributed by atoms with Crippen LogP contribution in [-0.2, 0) is 15.9 Å². The number of rotatable bonds is 3. The Morgan fingerprint density at radius 3 is 2.42 bits per heavy atom. The fourth-order valence-corrected chi connectivity index (χ4v) is 5.14. The lowest BCUT2D eigenvalue weighted by Gasteiger charge is -2.27. The van der Waals surface area contributed by atoms with E-state index in [0.717, 1.165) is 12.8 Å². The van der Waals surface area contributed by atoms with Crippen LogP contribution in [0.2, 0.25) is 0 Å². The number of carbonyl (C=O) groups is 1. The zero-order valence-corrected chi connectivity index (χ0v) is 14.4. The van der Waals surface area contributed by atoms with Gasteiger partial charge in [-0.25, -0.2) is 0 Å². The van der Waals surface area contributed by atoms with Crippen LogP contribution in [0.25, 0.3) is 0 Å². The van der Waals surface area contributed by atoms with Crippen molar-refractivity contribution in [3.8, 4) is 0 Å². The first-order chi connectivity index (χ1) is 11.4. The summed E-state index contributed by atoms with van der Waals surface area (Å²) >= 11 is 0. The normalized spacial score (nSPS) is 30.3. The first-order valence-electron chi connectivity index (χ1n) is 8.79. The van der Waals surface area contributed by atoms with Crippen LogP contribution in [0.4, 0.5) is 0 Å². The van der Waals surface area contributed by atoms with Crippen LogP contribution in [0, 0.1) is 0 Å². The lowest BCUT2D eigenvalue weighted by atomic mass is 9.73. The van der Waals surface area contributed by atoms with Gasteiger partial charge >= 0.3 is 0 Å². The minimum atomic E-state index is -0.206. The summed E-state index contributed by atoms with van der Waals surface area (Å²) in [4.78, 5) is 11.4. The predicted molar refractivity (Wildman–Crippen MR) is 94.4 cm³/mol. The molecule has 4 rings (SSSR count). The highest BCUT2D eigenvalue weighted by molar-refractivity contribution is 5.73. The van der Waals surface area contributed by atoms with Crippen LogP contribution in [0.15, 0.2) is 48.5 Å². The van der Waals surface area contributed by atoms with Crippen molar-refractivity contribution in [2.45, 2.75) is 50.1 Å². The first kappa shape index (κ1) is 15.4. The van der Waals surface area contributed by atoms with Gasteiger partial charge in [-0.15, -0.1) is 0 Å². The van der Waals surface area contributed by atoms with Gasteiger partial charge in [0.05, 0.1) is 0 Å². The van der Waals surface area contributed by atoms with Crippen LogP contribution in [0.3, 0.4) is 0 Å². The minimum Gasteiger partial charge on any atom is -0.370 e. The molecule has 0 aliphatic carbocycles. The molecular weight excluding hydrogens is 296 g/mol. The summed E-state index contributed by atoms with van der Waals surface area (Å²) < 4.78 is 0. The third-order valence-electron chi connectivity index (χ3n) is 6.08. The third-order valence-corrected chi connectivity index (χ3v) is 6.08. The van der Waals surface area contributed by atoms with Gasteiger partial charge in [0, 0.05) is 29.5 Å². The fourth-order valence-electron chi connectivity index (χ4n) is 5.14. The number of primary amides is 1. The molecule has 1 amide bonds. The van der Waals surface area contributed by atoms with Gasteiger partial charge in [-0.1, -0.05) is 48.5 Å². The summed E-state index contributed by atoms with van der Waals surface area (Å²) in [5.74, 6) is 0.160. The smallest absolute Gasteiger partial charge is 0.217 e. The van der Waals surface area contributed by atoms with Gasteiger partial charge in [0.2, 0.25) is 5.91 Å². The average Bonchev–Trinajstić information content (AvgIpc) is 2.74. The summed E-state index contributed by atoms with van der Waals surface area (Å²) in [6, 6.07) is 17.6. The van der Waals surface area contributed by atoms with E-state index in [1.165, 1.54) is 22.3 Å². The molecule has 3 nitrogen and oxygen atoms in total. The van der Waals surface area contributed by atoms with Gasteiger partial charge in [0.25, 0.3) is 0 Å². The Kier molecular flexibility index (Phi) is 3.33. The molecule has 0 saturated carbocycles. The van der Waals surface area contributed by atoms with Crippen LogP contribution >= 0.6 is 0 Å². The number of nitrogens with two attached hydrogens (primary N) is 2. The molecular formula is C21H25N2O+. The van der Waals surface area contributed by atoms with Crippen molar-refractivity contribution < 1.29 is 10.1 Å². The summed E-state index contributed by atoms with van der Waals surface area (Å²) in [6.45, 7) is 4.69. The molecule has 124 valence electrons. The Morgan fingerprint density at radius 2 is 1.71 bits per heavy atom. The number of fused-ring (bicyclic) bond motifs is 7. The predicted octanol–water partition coefficient (Wildman–Crippen LogP) is 2.50. The monoisotopic (exact) mass is 321 g/mol. The van der Waals surface area contributed by atoms with Crippen molar-refractivity contribution in [2.24, 2.45) is 5.73 Å². The van der Waals surface area contributed by atoms with Gasteiger partial charge in [-0.3, -0.25) is 4.79 Å². The van der Waals surface area contributed by atoms with E-state index in [-0.39, 0.29) is 17.0 Å². The molecule has 2 aromatic carbocycles. The van der Waals surface area contributed by atoms with Gasteiger partial charge in [-0.2, -0.15) is 0 Å². The van der Waals surface area contributed by atoms with E-state index in [4.69, 9.17) is 5.73 Å². The topological polar surface area (TPSA) is 59.7 Å². The molecule has 2 aliphatic rings. The zero-order valence-electron chi connectivity index (χ0n) is 14.4. The first-order valence-corrected chi connectivity index (χ1v) is 8.79. The van der Waals surface area contributed by atoms with E-state index in [1.807, 2.05) is 0 Å². The van der Waals surface area contributed by atoms with E-state index in [9.17, 15) is 4.79 Å². The molecule has 4 N–H and O–H groups in total. The maximum Gasteiger partial charge on any atom is 0.217 e. The molecule has 0 saturated heterocycles. The standard InChI is InChI=1S/C21H24N2O/c1-20-13-14(11-12-19(22)24)15-7-3-4-8-16(15)21(2,23-20)18-10-6-5-9-17(18)20/h3-10,14,23H,11-13H2,1-2H3,(H2,22,24)/p+1/t14-,20+,21-/m0/s1. The zero-order chi connectivity index (χ0) is 16.9. The molecule has 2 aliphatic heterocycles. The fraction of sp³-hybridized carbons (Fsp3) is 0.381. The molecule has 2 bridgehead atoms. The quantitative estimate of drug-likeness (QED) is 0.896. The highest BCUT2D eigenvalue weighted by Gasteiger charge is 2.55. The SMILES string of the molecule is C[C@]12[NH2+][C@](C)(C[C@H](CCC(N)=O)c3ccccc31)c1ccccc12. The molecule has 0 radical (unpaired) electrons. The maximum absolute atomic E-state index is 11.4. The van der Waals surface area contributed by atoms with Crippen molar-refractivity contribution in [2.75, 3.05) is 0 Å². The Bertz CT molecular complexity index is 815. The molecule has 2 heterocycles. The Hall–Kier alpha value is -2.13. The third kappa shape index (κ3) is 2.11. The molecule has 0 spiro atoms. The summed E-state index contributed by atoms with van der Waals surface area (Å²) in [6.07, 6.45) is 2.31. The second-order valence-corrected chi connectivity index (χ2v) is 7.80. The number of hydrogen-bond donors (Lipinski definition) is 2. The second-order valence-electron chi connectivity index (χ2n) is 7.80. The van der Waals surface area contributed by atoms with Gasteiger partial charge in [0.15, 0.2) is 0 Å². The van der Waals surface area contributed by atoms with Crippen molar-refractivity contribution in [3.63, 3.8) is 0 Å². The van der Waals surface area contributed by atoms with Crippen LogP contribution in [0.5, 0.6) is 0 Å². The highest BCUT2D eigenvalue weighted by Crippen LogP contribution is 2.49. The minimum absolute atomic E-state index is 0.0344. The summed E-state index contributed by atoms with van der Waals surface area (Å²) in [5.41, 5.74) is 11.0. The lowest BCUT2D eigenvalue weighted by Crippen LogP contribution is -2.98. The number of amides is 1. The van der Waals surface area contributed by atoms with Crippen molar-refractivity contribution >= 4 is 5.91 Å². The van der Waals surface area contributed by atoms with Crippen LogP contribution < -0.4 is 11.1 Å². The average molecular weight is 321 g/mol. The van der Waals surface area contributed by atoms with Crippen molar-refractivity contribution in [3.05, 3.63) is 70.8 Å². The van der Waals surface area contributed by atoms with E-state index in [0.29, 0.717) is 12.3 Å². The van der Waals surface area contributed by atoms with E-state index in [2.05, 4.69) is 67.7 Å². The largest absolute Gasteiger partial charge is 0.370 e. The van der Waals surface area contributed by atoms with Crippen LogP contribution in [-0.4, -0.2) is 5.91 Å². The van der Waals surface area contributed by atoms with E-state index in [1.54, 1.807) is 0 Å². The van der Waals surface area contributed by atoms with Gasteiger partial charge < -0.3 is 11.1 Å². The van der Waals surface area contributed by atoms with Crippen LogP contribution in [0.1, 0.15) is 61.3 Å². The number of hydrogen-bond acceptors (Lipinski definition) is 1. The number of quaternary nitrogens is 1. The Morgan fingerprint density at radius 1 is 1.08 bits per heavy atom. The highest BCUT2D eigenvalue weighted by atomic mass is 16.1. The van der Waals surface area contributed by atoms with Gasteiger partial charge in [0.1, 0.15) is 11.1 Å².